The van der Waals surface area contributed by atoms with Crippen molar-refractivity contribution in [3.8, 4) is 0 Å². The van der Waals surface area contributed by atoms with E-state index in [1.54, 1.807) is 12.1 Å². The third-order valence-electron chi connectivity index (χ3n) is 2.97. The maximum atomic E-state index is 12.2. The number of nitrogens with two attached hydrogens (primary N) is 1. The molecule has 1 aromatic rings. The minimum atomic E-state index is -3.55. The summed E-state index contributed by atoms with van der Waals surface area (Å²) in [6.45, 7) is 7.13. The van der Waals surface area contributed by atoms with Crippen LogP contribution in [0.3, 0.4) is 0 Å². The smallest absolute Gasteiger partial charge is 0.242 e. The fraction of sp³-hybridized carbons (Fsp3) is 0.538. The van der Waals surface area contributed by atoms with Crippen molar-refractivity contribution in [2.45, 2.75) is 25.2 Å². The summed E-state index contributed by atoms with van der Waals surface area (Å²) < 4.78 is 27.7. The SMILES string of the molecule is CCCN(CC)CCNS(=O)(=O)c1ccc(Br)cc1N. The highest BCUT2D eigenvalue weighted by molar-refractivity contribution is 9.10. The molecule has 0 amide bonds. The average Bonchev–Trinajstić information content (AvgIpc) is 2.37. The van der Waals surface area contributed by atoms with Crippen LogP contribution in [0.15, 0.2) is 27.6 Å². The van der Waals surface area contributed by atoms with Crippen molar-refractivity contribution < 1.29 is 8.42 Å². The number of nitrogens with one attached hydrogen (secondary N) is 1. The molecule has 0 aromatic heterocycles. The molecule has 114 valence electrons. The number of nitrogens with zero attached hydrogens (tertiary/aromatic N) is 1. The standard InChI is InChI=1S/C13H22BrN3O2S/c1-3-8-17(4-2)9-7-16-20(18,19)13-6-5-11(14)10-12(13)15/h5-6,10,16H,3-4,7-9,15H2,1-2H3. The summed E-state index contributed by atoms with van der Waals surface area (Å²) in [6.07, 6.45) is 1.06. The van der Waals surface area contributed by atoms with Gasteiger partial charge in [0, 0.05) is 17.6 Å². The quantitative estimate of drug-likeness (QED) is 0.693. The first-order valence-corrected chi connectivity index (χ1v) is 8.95. The highest BCUT2D eigenvalue weighted by Crippen LogP contribution is 2.22. The molecule has 0 aliphatic rings. The number of rotatable bonds is 8. The van der Waals surface area contributed by atoms with Crippen LogP contribution >= 0.6 is 15.9 Å². The first-order chi connectivity index (χ1) is 9.40. The number of nitrogen functional groups attached to an aromatic ring is 1. The lowest BCUT2D eigenvalue weighted by Gasteiger charge is -2.19. The molecule has 5 nitrogen and oxygen atoms in total. The molecule has 1 aromatic carbocycles. The summed E-state index contributed by atoms with van der Waals surface area (Å²) in [5, 5.41) is 0. The van der Waals surface area contributed by atoms with Gasteiger partial charge < -0.3 is 10.6 Å². The first kappa shape index (κ1) is 17.4. The van der Waals surface area contributed by atoms with Gasteiger partial charge in [0.2, 0.25) is 10.0 Å². The Balaban J connectivity index is 2.66. The molecule has 0 radical (unpaired) electrons. The summed E-state index contributed by atoms with van der Waals surface area (Å²) in [5.41, 5.74) is 6.00. The van der Waals surface area contributed by atoms with Gasteiger partial charge in [-0.3, -0.25) is 0 Å². The Kier molecular flexibility index (Phi) is 6.94. The number of hydrogen-bond donors (Lipinski definition) is 2. The van der Waals surface area contributed by atoms with Crippen molar-refractivity contribution >= 4 is 31.6 Å². The Bertz CT molecular complexity index is 534. The lowest BCUT2D eigenvalue weighted by atomic mass is 10.3. The summed E-state index contributed by atoms with van der Waals surface area (Å²) in [4.78, 5) is 2.33. The third-order valence-corrected chi connectivity index (χ3v) is 5.00. The maximum absolute atomic E-state index is 12.2. The van der Waals surface area contributed by atoms with Gasteiger partial charge in [-0.05, 0) is 37.7 Å². The lowest BCUT2D eigenvalue weighted by Crippen LogP contribution is -2.35. The van der Waals surface area contributed by atoms with E-state index in [0.717, 1.165) is 24.0 Å². The molecule has 0 heterocycles. The fourth-order valence-electron chi connectivity index (χ4n) is 1.92. The van der Waals surface area contributed by atoms with Gasteiger partial charge in [0.05, 0.1) is 5.69 Å². The monoisotopic (exact) mass is 363 g/mol. The van der Waals surface area contributed by atoms with Gasteiger partial charge in [-0.25, -0.2) is 13.1 Å². The molecule has 0 saturated heterocycles. The van der Waals surface area contributed by atoms with Crippen LogP contribution < -0.4 is 10.5 Å². The van der Waals surface area contributed by atoms with Crippen molar-refractivity contribution in [3.05, 3.63) is 22.7 Å². The third kappa shape index (κ3) is 5.05. The van der Waals surface area contributed by atoms with Gasteiger partial charge in [0.15, 0.2) is 0 Å². The van der Waals surface area contributed by atoms with E-state index >= 15 is 0 Å². The van der Waals surface area contributed by atoms with E-state index in [0.29, 0.717) is 13.1 Å². The van der Waals surface area contributed by atoms with Crippen molar-refractivity contribution in [2.75, 3.05) is 31.9 Å². The van der Waals surface area contributed by atoms with Crippen LogP contribution in [0, 0.1) is 0 Å². The van der Waals surface area contributed by atoms with Crippen LogP contribution in [-0.2, 0) is 10.0 Å². The Hall–Kier alpha value is -0.630. The topological polar surface area (TPSA) is 75.4 Å². The van der Waals surface area contributed by atoms with Crippen LogP contribution in [0.4, 0.5) is 5.69 Å². The number of hydrogen-bond acceptors (Lipinski definition) is 4. The maximum Gasteiger partial charge on any atom is 0.242 e. The molecular formula is C13H22BrN3O2S. The number of benzene rings is 1. The number of likely N-dealkylation sites (N-methyl/N-ethyl adjacent to an activating group) is 1. The zero-order valence-electron chi connectivity index (χ0n) is 11.9. The summed E-state index contributed by atoms with van der Waals surface area (Å²) in [6, 6.07) is 4.76. The predicted molar refractivity (Wildman–Crippen MR) is 86.1 cm³/mol. The second kappa shape index (κ2) is 7.97. The Morgan fingerprint density at radius 3 is 2.55 bits per heavy atom. The van der Waals surface area contributed by atoms with Crippen molar-refractivity contribution in [1.82, 2.24) is 9.62 Å². The van der Waals surface area contributed by atoms with Crippen LogP contribution in [-0.4, -0.2) is 39.5 Å². The lowest BCUT2D eigenvalue weighted by molar-refractivity contribution is 0.293. The molecule has 0 unspecified atom stereocenters. The normalized spacial score (nSPS) is 12.0. The van der Waals surface area contributed by atoms with Crippen LogP contribution in [0.5, 0.6) is 0 Å². The molecule has 0 aliphatic carbocycles. The van der Waals surface area contributed by atoms with E-state index in [4.69, 9.17) is 5.73 Å². The summed E-state index contributed by atoms with van der Waals surface area (Å²) in [7, 11) is -3.55. The average molecular weight is 364 g/mol. The van der Waals surface area contributed by atoms with Crippen molar-refractivity contribution in [1.29, 1.82) is 0 Å². The molecule has 0 atom stereocenters. The molecular weight excluding hydrogens is 342 g/mol. The van der Waals surface area contributed by atoms with E-state index in [-0.39, 0.29) is 10.6 Å². The predicted octanol–water partition coefficient (Wildman–Crippen LogP) is 2.04. The van der Waals surface area contributed by atoms with Crippen molar-refractivity contribution in [3.63, 3.8) is 0 Å². The molecule has 7 heteroatoms. The van der Waals surface area contributed by atoms with Gasteiger partial charge in [-0.15, -0.1) is 0 Å². The van der Waals surface area contributed by atoms with E-state index in [2.05, 4.69) is 39.4 Å². The Morgan fingerprint density at radius 1 is 1.30 bits per heavy atom. The number of anilines is 1. The molecule has 0 saturated carbocycles. The second-order valence-corrected chi connectivity index (χ2v) is 7.17. The highest BCUT2D eigenvalue weighted by Gasteiger charge is 2.17. The summed E-state index contributed by atoms with van der Waals surface area (Å²) in [5.74, 6) is 0. The van der Waals surface area contributed by atoms with E-state index in [1.807, 2.05) is 0 Å². The van der Waals surface area contributed by atoms with E-state index < -0.39 is 10.0 Å². The fourth-order valence-corrected chi connectivity index (χ4v) is 3.43. The molecule has 0 spiro atoms. The minimum absolute atomic E-state index is 0.124. The number of sulfonamides is 1. The largest absolute Gasteiger partial charge is 0.398 e. The molecule has 0 bridgehead atoms. The molecule has 0 aliphatic heterocycles. The van der Waals surface area contributed by atoms with Crippen LogP contribution in [0.2, 0.25) is 0 Å². The van der Waals surface area contributed by atoms with Crippen LogP contribution in [0.25, 0.3) is 0 Å². The van der Waals surface area contributed by atoms with E-state index in [9.17, 15) is 8.42 Å². The van der Waals surface area contributed by atoms with Gasteiger partial charge in [0.1, 0.15) is 4.90 Å². The van der Waals surface area contributed by atoms with Crippen molar-refractivity contribution in [2.24, 2.45) is 0 Å². The Labute approximate surface area is 129 Å². The molecule has 0 fully saturated rings. The zero-order chi connectivity index (χ0) is 15.2. The van der Waals surface area contributed by atoms with Gasteiger partial charge >= 0.3 is 0 Å². The molecule has 3 N–H and O–H groups in total. The Morgan fingerprint density at radius 2 is 2.00 bits per heavy atom. The van der Waals surface area contributed by atoms with Gasteiger partial charge in [-0.1, -0.05) is 29.8 Å². The minimum Gasteiger partial charge on any atom is -0.398 e. The van der Waals surface area contributed by atoms with E-state index in [1.165, 1.54) is 6.07 Å². The summed E-state index contributed by atoms with van der Waals surface area (Å²) >= 11 is 3.26. The zero-order valence-corrected chi connectivity index (χ0v) is 14.3. The highest BCUT2D eigenvalue weighted by atomic mass is 79.9. The van der Waals surface area contributed by atoms with Gasteiger partial charge in [-0.2, -0.15) is 0 Å². The van der Waals surface area contributed by atoms with Gasteiger partial charge in [0.25, 0.3) is 0 Å². The first-order valence-electron chi connectivity index (χ1n) is 6.67. The second-order valence-electron chi connectivity index (χ2n) is 4.51. The number of halogens is 1. The molecule has 20 heavy (non-hydrogen) atoms. The molecule has 1 rings (SSSR count). The van der Waals surface area contributed by atoms with Crippen LogP contribution in [0.1, 0.15) is 20.3 Å².